The van der Waals surface area contributed by atoms with Crippen molar-refractivity contribution in [1.82, 2.24) is 19.8 Å². The van der Waals surface area contributed by atoms with Gasteiger partial charge in [-0.05, 0) is 44.4 Å². The first kappa shape index (κ1) is 18.8. The van der Waals surface area contributed by atoms with Gasteiger partial charge in [-0.25, -0.2) is 9.97 Å². The third kappa shape index (κ3) is 4.32. The van der Waals surface area contributed by atoms with Crippen LogP contribution < -0.4 is 5.32 Å². The molecule has 2 aromatic rings. The zero-order valence-electron chi connectivity index (χ0n) is 15.8. The van der Waals surface area contributed by atoms with Crippen LogP contribution in [0.4, 0.5) is 10.9 Å². The Hall–Kier alpha value is -2.50. The lowest BCUT2D eigenvalue weighted by atomic mass is 9.94. The molecule has 2 aliphatic rings. The standard InChI is InChI=1S/C20H24N6OS/c21-8-12-25-9-4-5-15(13-25)16-6-3-7-18(22-16)24-20-23-17(14-28-20)19(27)26-10-1-2-11-26/h3,6-7,14-15H,1-2,4-5,9-13H2,(H,22,23,24)/t15-/m1/s1. The van der Waals surface area contributed by atoms with E-state index in [1.807, 2.05) is 22.4 Å². The maximum atomic E-state index is 12.5. The highest BCUT2D eigenvalue weighted by molar-refractivity contribution is 7.14. The molecule has 4 rings (SSSR count). The van der Waals surface area contributed by atoms with Gasteiger partial charge in [-0.15, -0.1) is 11.3 Å². The lowest BCUT2D eigenvalue weighted by molar-refractivity contribution is 0.0788. The van der Waals surface area contributed by atoms with Gasteiger partial charge in [-0.2, -0.15) is 5.26 Å². The molecular formula is C20H24N6OS. The SMILES string of the molecule is N#CCN1CCC[C@@H](c2cccc(Nc3nc(C(=O)N4CCCC4)cs3)n2)C1. The molecule has 8 heteroatoms. The summed E-state index contributed by atoms with van der Waals surface area (Å²) in [5.74, 6) is 1.10. The molecule has 0 spiro atoms. The predicted octanol–water partition coefficient (Wildman–Crippen LogP) is 3.22. The van der Waals surface area contributed by atoms with Gasteiger partial charge < -0.3 is 10.2 Å². The summed E-state index contributed by atoms with van der Waals surface area (Å²) in [7, 11) is 0. The number of hydrogen-bond donors (Lipinski definition) is 1. The maximum absolute atomic E-state index is 12.5. The number of piperidine rings is 1. The number of anilines is 2. The van der Waals surface area contributed by atoms with Crippen LogP contribution in [0, 0.1) is 11.3 Å². The second kappa shape index (κ2) is 8.67. The third-order valence-corrected chi connectivity index (χ3v) is 6.10. The van der Waals surface area contributed by atoms with E-state index in [0.29, 0.717) is 23.3 Å². The van der Waals surface area contributed by atoms with Gasteiger partial charge in [-0.1, -0.05) is 6.07 Å². The minimum atomic E-state index is 0.0169. The average Bonchev–Trinajstić information content (AvgIpc) is 3.41. The van der Waals surface area contributed by atoms with E-state index in [2.05, 4.69) is 27.3 Å². The molecule has 0 bridgehead atoms. The molecule has 7 nitrogen and oxygen atoms in total. The first-order valence-electron chi connectivity index (χ1n) is 9.81. The molecule has 1 amide bonds. The van der Waals surface area contributed by atoms with Crippen LogP contribution in [-0.4, -0.2) is 58.4 Å². The van der Waals surface area contributed by atoms with Gasteiger partial charge in [0, 0.05) is 36.6 Å². The number of carbonyl (C=O) groups excluding carboxylic acids is 1. The number of nitrogens with zero attached hydrogens (tertiary/aromatic N) is 5. The Morgan fingerprint density at radius 3 is 2.93 bits per heavy atom. The summed E-state index contributed by atoms with van der Waals surface area (Å²) >= 11 is 1.43. The molecule has 0 saturated carbocycles. The van der Waals surface area contributed by atoms with E-state index in [1.54, 1.807) is 0 Å². The summed E-state index contributed by atoms with van der Waals surface area (Å²) < 4.78 is 0. The Morgan fingerprint density at radius 2 is 2.11 bits per heavy atom. The van der Waals surface area contributed by atoms with Crippen LogP contribution in [0.15, 0.2) is 23.6 Å². The molecule has 2 aromatic heterocycles. The molecule has 1 atom stereocenters. The second-order valence-corrected chi connectivity index (χ2v) is 8.20. The third-order valence-electron chi connectivity index (χ3n) is 5.34. The topological polar surface area (TPSA) is 85.2 Å². The van der Waals surface area contributed by atoms with E-state index in [4.69, 9.17) is 10.2 Å². The minimum absolute atomic E-state index is 0.0169. The highest BCUT2D eigenvalue weighted by Crippen LogP contribution is 2.27. The van der Waals surface area contributed by atoms with E-state index < -0.39 is 0 Å². The molecule has 28 heavy (non-hydrogen) atoms. The number of thiazole rings is 1. The van der Waals surface area contributed by atoms with Crippen LogP contribution in [0.3, 0.4) is 0 Å². The fraction of sp³-hybridized carbons (Fsp3) is 0.500. The van der Waals surface area contributed by atoms with Crippen LogP contribution >= 0.6 is 11.3 Å². The van der Waals surface area contributed by atoms with Crippen molar-refractivity contribution in [3.05, 3.63) is 35.0 Å². The summed E-state index contributed by atoms with van der Waals surface area (Å²) in [5, 5.41) is 14.7. The molecule has 0 unspecified atom stereocenters. The monoisotopic (exact) mass is 396 g/mol. The van der Waals surface area contributed by atoms with E-state index in [0.717, 1.165) is 63.4 Å². The van der Waals surface area contributed by atoms with E-state index in [9.17, 15) is 4.79 Å². The molecule has 0 aromatic carbocycles. The molecular weight excluding hydrogens is 372 g/mol. The molecule has 0 aliphatic carbocycles. The molecule has 2 aliphatic heterocycles. The van der Waals surface area contributed by atoms with Gasteiger partial charge in [0.2, 0.25) is 0 Å². The Morgan fingerprint density at radius 1 is 1.25 bits per heavy atom. The molecule has 146 valence electrons. The maximum Gasteiger partial charge on any atom is 0.273 e. The van der Waals surface area contributed by atoms with Gasteiger partial charge >= 0.3 is 0 Å². The van der Waals surface area contributed by atoms with E-state index in [1.165, 1.54) is 11.3 Å². The Balaban J connectivity index is 1.42. The lowest BCUT2D eigenvalue weighted by Crippen LogP contribution is -2.34. The number of carbonyl (C=O) groups is 1. The minimum Gasteiger partial charge on any atom is -0.337 e. The summed E-state index contributed by atoms with van der Waals surface area (Å²) in [4.78, 5) is 25.7. The Bertz CT molecular complexity index is 870. The van der Waals surface area contributed by atoms with Crippen molar-refractivity contribution in [2.75, 3.05) is 38.0 Å². The smallest absolute Gasteiger partial charge is 0.273 e. The number of likely N-dealkylation sites (tertiary alicyclic amines) is 2. The Kier molecular flexibility index (Phi) is 5.84. The lowest BCUT2D eigenvalue weighted by Gasteiger charge is -2.30. The van der Waals surface area contributed by atoms with Crippen molar-refractivity contribution in [2.24, 2.45) is 0 Å². The van der Waals surface area contributed by atoms with Crippen LogP contribution in [0.25, 0.3) is 0 Å². The van der Waals surface area contributed by atoms with Gasteiger partial charge in [0.15, 0.2) is 5.13 Å². The van der Waals surface area contributed by atoms with Crippen LogP contribution in [0.1, 0.15) is 47.8 Å². The van der Waals surface area contributed by atoms with Crippen molar-refractivity contribution in [3.8, 4) is 6.07 Å². The number of hydrogen-bond acceptors (Lipinski definition) is 7. The van der Waals surface area contributed by atoms with Crippen molar-refractivity contribution in [1.29, 1.82) is 5.26 Å². The van der Waals surface area contributed by atoms with Crippen LogP contribution in [0.5, 0.6) is 0 Å². The summed E-state index contributed by atoms with van der Waals surface area (Å²) in [6.07, 6.45) is 4.32. The molecule has 1 N–H and O–H groups in total. The van der Waals surface area contributed by atoms with Gasteiger partial charge in [-0.3, -0.25) is 9.69 Å². The number of pyridine rings is 1. The van der Waals surface area contributed by atoms with Gasteiger partial charge in [0.1, 0.15) is 11.5 Å². The molecule has 4 heterocycles. The molecule has 2 saturated heterocycles. The van der Waals surface area contributed by atoms with Crippen molar-refractivity contribution < 1.29 is 4.79 Å². The van der Waals surface area contributed by atoms with Crippen LogP contribution in [0.2, 0.25) is 0 Å². The van der Waals surface area contributed by atoms with Gasteiger partial charge in [0.25, 0.3) is 5.91 Å². The Labute approximate surface area is 169 Å². The van der Waals surface area contributed by atoms with Crippen molar-refractivity contribution in [3.63, 3.8) is 0 Å². The molecule has 0 radical (unpaired) electrons. The van der Waals surface area contributed by atoms with Gasteiger partial charge in [0.05, 0.1) is 12.6 Å². The fourth-order valence-electron chi connectivity index (χ4n) is 3.91. The van der Waals surface area contributed by atoms with Crippen LogP contribution in [-0.2, 0) is 0 Å². The summed E-state index contributed by atoms with van der Waals surface area (Å²) in [6.45, 7) is 3.98. The van der Waals surface area contributed by atoms with E-state index >= 15 is 0 Å². The number of nitriles is 1. The normalized spacial score (nSPS) is 20.1. The van der Waals surface area contributed by atoms with Crippen molar-refractivity contribution >= 4 is 28.2 Å². The predicted molar refractivity (Wildman–Crippen MR) is 109 cm³/mol. The molecule has 2 fully saturated rings. The first-order valence-corrected chi connectivity index (χ1v) is 10.7. The quantitative estimate of drug-likeness (QED) is 0.781. The highest BCUT2D eigenvalue weighted by atomic mass is 32.1. The zero-order chi connectivity index (χ0) is 19.3. The summed E-state index contributed by atoms with van der Waals surface area (Å²) in [6, 6.07) is 8.21. The number of rotatable bonds is 5. The van der Waals surface area contributed by atoms with E-state index in [-0.39, 0.29) is 5.91 Å². The summed E-state index contributed by atoms with van der Waals surface area (Å²) in [5.41, 5.74) is 1.54. The number of nitrogens with one attached hydrogen (secondary N) is 1. The fourth-order valence-corrected chi connectivity index (χ4v) is 4.60. The first-order chi connectivity index (χ1) is 13.7. The highest BCUT2D eigenvalue weighted by Gasteiger charge is 2.23. The number of amides is 1. The number of aromatic nitrogens is 2. The van der Waals surface area contributed by atoms with Crippen molar-refractivity contribution in [2.45, 2.75) is 31.6 Å². The average molecular weight is 397 g/mol. The zero-order valence-corrected chi connectivity index (χ0v) is 16.6. The second-order valence-electron chi connectivity index (χ2n) is 7.34. The largest absolute Gasteiger partial charge is 0.337 e.